The van der Waals surface area contributed by atoms with Crippen molar-refractivity contribution >= 4 is 11.4 Å². The highest BCUT2D eigenvalue weighted by atomic mass is 16.5. The van der Waals surface area contributed by atoms with Gasteiger partial charge in [-0.05, 0) is 29.3 Å². The van der Waals surface area contributed by atoms with Gasteiger partial charge in [0, 0.05) is 31.4 Å². The topological polar surface area (TPSA) is 69.0 Å². The Morgan fingerprint density at radius 1 is 0.935 bits per heavy atom. The summed E-state index contributed by atoms with van der Waals surface area (Å²) in [7, 11) is 3.36. The molecule has 0 bridgehead atoms. The number of methoxy groups -OCH3 is 2. The molecule has 0 spiro atoms. The number of benzene rings is 3. The fraction of sp³-hybridized carbons (Fsp3) is 0.280. The Bertz CT molecular complexity index is 1010. The summed E-state index contributed by atoms with van der Waals surface area (Å²) in [5.74, 6) is 2.19. The number of hydrogen-bond donors (Lipinski definition) is 2. The Morgan fingerprint density at radius 3 is 2.45 bits per heavy atom. The summed E-state index contributed by atoms with van der Waals surface area (Å²) in [6, 6.07) is 22.0. The number of rotatable bonds is 7. The molecule has 4 rings (SSSR count). The molecule has 6 heteroatoms. The van der Waals surface area contributed by atoms with Gasteiger partial charge in [0.15, 0.2) is 11.5 Å². The van der Waals surface area contributed by atoms with E-state index in [9.17, 15) is 0 Å². The van der Waals surface area contributed by atoms with Gasteiger partial charge in [0.2, 0.25) is 0 Å². The minimum Gasteiger partial charge on any atom is -0.495 e. The molecule has 1 aliphatic rings. The number of piperazine rings is 1. The van der Waals surface area contributed by atoms with Crippen molar-refractivity contribution in [2.45, 2.75) is 12.6 Å². The smallest absolute Gasteiger partial charge is 0.163 e. The molecule has 0 amide bonds. The van der Waals surface area contributed by atoms with Crippen molar-refractivity contribution in [3.8, 4) is 17.2 Å². The lowest BCUT2D eigenvalue weighted by Crippen LogP contribution is -2.46. The van der Waals surface area contributed by atoms with Crippen LogP contribution in [0.2, 0.25) is 0 Å². The van der Waals surface area contributed by atoms with Gasteiger partial charge < -0.3 is 30.2 Å². The summed E-state index contributed by atoms with van der Waals surface area (Å²) >= 11 is 0. The summed E-state index contributed by atoms with van der Waals surface area (Å²) in [6.07, 6.45) is 0. The first kappa shape index (κ1) is 20.9. The molecule has 0 saturated carbocycles. The maximum atomic E-state index is 6.47. The van der Waals surface area contributed by atoms with E-state index in [1.807, 2.05) is 60.7 Å². The molecule has 3 N–H and O–H groups in total. The van der Waals surface area contributed by atoms with Crippen LogP contribution < -0.4 is 30.2 Å². The minimum absolute atomic E-state index is 0.0655. The lowest BCUT2D eigenvalue weighted by molar-refractivity contribution is 0.284. The van der Waals surface area contributed by atoms with Crippen molar-refractivity contribution in [3.05, 3.63) is 77.9 Å². The SMILES string of the molecule is COc1cc(C2CN(c3ccccc3OC)CCN2)c(N)cc1OCc1ccccc1. The summed E-state index contributed by atoms with van der Waals surface area (Å²) < 4.78 is 17.2. The number of hydrogen-bond acceptors (Lipinski definition) is 6. The number of anilines is 2. The van der Waals surface area contributed by atoms with Crippen LogP contribution >= 0.6 is 0 Å². The van der Waals surface area contributed by atoms with E-state index < -0.39 is 0 Å². The van der Waals surface area contributed by atoms with Crippen LogP contribution in [-0.2, 0) is 6.61 Å². The van der Waals surface area contributed by atoms with E-state index >= 15 is 0 Å². The Balaban J connectivity index is 1.54. The van der Waals surface area contributed by atoms with E-state index in [-0.39, 0.29) is 6.04 Å². The maximum Gasteiger partial charge on any atom is 0.163 e. The van der Waals surface area contributed by atoms with E-state index in [1.54, 1.807) is 14.2 Å². The molecule has 0 aromatic heterocycles. The molecule has 1 heterocycles. The predicted molar refractivity (Wildman–Crippen MR) is 124 cm³/mol. The first-order valence-electron chi connectivity index (χ1n) is 10.4. The van der Waals surface area contributed by atoms with Crippen LogP contribution in [0.3, 0.4) is 0 Å². The average Bonchev–Trinajstić information content (AvgIpc) is 2.83. The molecular formula is C25H29N3O3. The van der Waals surface area contributed by atoms with E-state index in [0.717, 1.165) is 42.2 Å². The quantitative estimate of drug-likeness (QED) is 0.564. The number of ether oxygens (including phenoxy) is 3. The first-order chi connectivity index (χ1) is 15.2. The average molecular weight is 420 g/mol. The highest BCUT2D eigenvalue weighted by molar-refractivity contribution is 5.62. The van der Waals surface area contributed by atoms with Crippen molar-refractivity contribution in [3.63, 3.8) is 0 Å². The number of para-hydroxylation sites is 2. The van der Waals surface area contributed by atoms with Crippen LogP contribution in [0.5, 0.6) is 17.2 Å². The Kier molecular flexibility index (Phi) is 6.48. The van der Waals surface area contributed by atoms with Gasteiger partial charge in [-0.2, -0.15) is 0 Å². The molecule has 0 aliphatic carbocycles. The van der Waals surface area contributed by atoms with Gasteiger partial charge >= 0.3 is 0 Å². The van der Waals surface area contributed by atoms with E-state index in [2.05, 4.69) is 16.3 Å². The largest absolute Gasteiger partial charge is 0.495 e. The first-order valence-corrected chi connectivity index (χ1v) is 10.4. The van der Waals surface area contributed by atoms with Crippen LogP contribution in [0.15, 0.2) is 66.7 Å². The normalized spacial score (nSPS) is 16.1. The molecule has 162 valence electrons. The highest BCUT2D eigenvalue weighted by Crippen LogP contribution is 2.37. The summed E-state index contributed by atoms with van der Waals surface area (Å²) in [6.45, 7) is 2.97. The zero-order valence-corrected chi connectivity index (χ0v) is 18.0. The van der Waals surface area contributed by atoms with Gasteiger partial charge in [-0.15, -0.1) is 0 Å². The van der Waals surface area contributed by atoms with Gasteiger partial charge in [-0.1, -0.05) is 42.5 Å². The lowest BCUT2D eigenvalue weighted by Gasteiger charge is -2.36. The third-order valence-corrected chi connectivity index (χ3v) is 5.58. The van der Waals surface area contributed by atoms with Crippen LogP contribution in [0.4, 0.5) is 11.4 Å². The van der Waals surface area contributed by atoms with Gasteiger partial charge in [0.05, 0.1) is 25.9 Å². The standard InChI is InChI=1S/C25H29N3O3/c1-29-23-11-7-6-10-22(23)28-13-12-27-21(16-28)19-14-24(30-2)25(15-20(19)26)31-17-18-8-4-3-5-9-18/h3-11,14-15,21,27H,12-13,16-17,26H2,1-2H3. The molecule has 1 atom stereocenters. The fourth-order valence-electron chi connectivity index (χ4n) is 3.97. The lowest BCUT2D eigenvalue weighted by atomic mass is 10.0. The van der Waals surface area contributed by atoms with E-state index in [4.69, 9.17) is 19.9 Å². The third-order valence-electron chi connectivity index (χ3n) is 5.58. The van der Waals surface area contributed by atoms with E-state index in [0.29, 0.717) is 23.8 Å². The zero-order chi connectivity index (χ0) is 21.6. The molecule has 1 saturated heterocycles. The second kappa shape index (κ2) is 9.62. The monoisotopic (exact) mass is 419 g/mol. The Morgan fingerprint density at radius 2 is 1.68 bits per heavy atom. The second-order valence-electron chi connectivity index (χ2n) is 7.53. The number of nitrogens with zero attached hydrogens (tertiary/aromatic N) is 1. The van der Waals surface area contributed by atoms with Crippen molar-refractivity contribution < 1.29 is 14.2 Å². The Labute approximate surface area is 183 Å². The van der Waals surface area contributed by atoms with Crippen LogP contribution in [0, 0.1) is 0 Å². The van der Waals surface area contributed by atoms with Crippen molar-refractivity contribution in [2.75, 3.05) is 44.5 Å². The molecule has 0 radical (unpaired) electrons. The van der Waals surface area contributed by atoms with Crippen LogP contribution in [0.1, 0.15) is 17.2 Å². The molecule has 1 fully saturated rings. The van der Waals surface area contributed by atoms with Gasteiger partial charge in [0.1, 0.15) is 12.4 Å². The van der Waals surface area contributed by atoms with Gasteiger partial charge in [-0.3, -0.25) is 0 Å². The predicted octanol–water partition coefficient (Wildman–Crippen LogP) is 4.02. The molecule has 3 aromatic rings. The summed E-state index contributed by atoms with van der Waals surface area (Å²) in [5, 5.41) is 3.58. The molecule has 1 aliphatic heterocycles. The summed E-state index contributed by atoms with van der Waals surface area (Å²) in [5.41, 5.74) is 10.3. The van der Waals surface area contributed by atoms with E-state index in [1.165, 1.54) is 0 Å². The number of nitrogens with one attached hydrogen (secondary N) is 1. The van der Waals surface area contributed by atoms with Gasteiger partial charge in [0.25, 0.3) is 0 Å². The minimum atomic E-state index is 0.0655. The molecular weight excluding hydrogens is 390 g/mol. The second-order valence-corrected chi connectivity index (χ2v) is 7.53. The van der Waals surface area contributed by atoms with Crippen molar-refractivity contribution in [2.24, 2.45) is 0 Å². The maximum absolute atomic E-state index is 6.47. The third kappa shape index (κ3) is 4.70. The molecule has 3 aromatic carbocycles. The fourth-order valence-corrected chi connectivity index (χ4v) is 3.97. The molecule has 1 unspecified atom stereocenters. The number of nitrogens with two attached hydrogens (primary N) is 1. The molecule has 31 heavy (non-hydrogen) atoms. The van der Waals surface area contributed by atoms with Crippen molar-refractivity contribution in [1.82, 2.24) is 5.32 Å². The molecule has 6 nitrogen and oxygen atoms in total. The highest BCUT2D eigenvalue weighted by Gasteiger charge is 2.25. The van der Waals surface area contributed by atoms with Crippen LogP contribution in [-0.4, -0.2) is 33.9 Å². The number of nitrogen functional groups attached to an aromatic ring is 1. The van der Waals surface area contributed by atoms with Crippen molar-refractivity contribution in [1.29, 1.82) is 0 Å². The van der Waals surface area contributed by atoms with Gasteiger partial charge in [-0.25, -0.2) is 0 Å². The van der Waals surface area contributed by atoms with Crippen LogP contribution in [0.25, 0.3) is 0 Å². The zero-order valence-electron chi connectivity index (χ0n) is 18.0. The Hall–Kier alpha value is -3.38. The summed E-state index contributed by atoms with van der Waals surface area (Å²) in [4.78, 5) is 2.33.